The topological polar surface area (TPSA) is 54.5 Å². The van der Waals surface area contributed by atoms with Crippen molar-refractivity contribution in [2.75, 3.05) is 18.8 Å². The highest BCUT2D eigenvalue weighted by molar-refractivity contribution is 7.92. The fraction of sp³-hybridized carbons (Fsp3) is 0.312. The van der Waals surface area contributed by atoms with Gasteiger partial charge in [0.15, 0.2) is 9.84 Å². The van der Waals surface area contributed by atoms with Crippen molar-refractivity contribution < 1.29 is 13.2 Å². The zero-order chi connectivity index (χ0) is 15.7. The van der Waals surface area contributed by atoms with E-state index < -0.39 is 15.1 Å². The molecular weight excluding hydrogens is 318 g/mol. The molecule has 1 aromatic carbocycles. The Bertz CT molecular complexity index is 758. The number of hydrogen-bond acceptors (Lipinski definition) is 4. The van der Waals surface area contributed by atoms with E-state index in [1.807, 2.05) is 29.6 Å². The van der Waals surface area contributed by atoms with Crippen molar-refractivity contribution >= 4 is 27.1 Å². The normalized spacial score (nSPS) is 15.6. The molecule has 1 amide bonds. The third-order valence-corrected chi connectivity index (χ3v) is 7.02. The van der Waals surface area contributed by atoms with Gasteiger partial charge in [-0.15, -0.1) is 11.3 Å². The zero-order valence-electron chi connectivity index (χ0n) is 12.2. The first-order valence-electron chi connectivity index (χ1n) is 7.16. The van der Waals surface area contributed by atoms with Crippen molar-refractivity contribution in [3.8, 4) is 10.4 Å². The van der Waals surface area contributed by atoms with E-state index in [1.54, 1.807) is 35.3 Å². The van der Waals surface area contributed by atoms with Crippen LogP contribution in [0.3, 0.4) is 0 Å². The fourth-order valence-corrected chi connectivity index (χ4v) is 4.49. The largest absolute Gasteiger partial charge is 0.336 e. The zero-order valence-corrected chi connectivity index (χ0v) is 13.9. The van der Waals surface area contributed by atoms with E-state index in [9.17, 15) is 13.2 Å². The number of hydrogen-bond donors (Lipinski definition) is 0. The van der Waals surface area contributed by atoms with E-state index in [4.69, 9.17) is 0 Å². The SMILES string of the molecule is CCS(=O)(=O)C1CN(C(=O)c2ccc(-c3cccs3)cc2)C1. The number of nitrogens with zero attached hydrogens (tertiary/aromatic N) is 1. The Morgan fingerprint density at radius 2 is 1.91 bits per heavy atom. The van der Waals surface area contributed by atoms with Crippen molar-refractivity contribution in [3.05, 3.63) is 47.3 Å². The van der Waals surface area contributed by atoms with Crippen LogP contribution in [0.5, 0.6) is 0 Å². The highest BCUT2D eigenvalue weighted by atomic mass is 32.2. The lowest BCUT2D eigenvalue weighted by molar-refractivity contribution is 0.0659. The van der Waals surface area contributed by atoms with Crippen molar-refractivity contribution in [1.82, 2.24) is 4.90 Å². The third-order valence-electron chi connectivity index (χ3n) is 3.98. The molecule has 0 atom stereocenters. The molecule has 1 aliphatic heterocycles. The Kier molecular flexibility index (Phi) is 4.06. The van der Waals surface area contributed by atoms with E-state index in [0.29, 0.717) is 18.7 Å². The number of benzene rings is 1. The van der Waals surface area contributed by atoms with Crippen LogP contribution in [0.2, 0.25) is 0 Å². The van der Waals surface area contributed by atoms with Gasteiger partial charge in [0.1, 0.15) is 0 Å². The van der Waals surface area contributed by atoms with Gasteiger partial charge in [0, 0.05) is 29.3 Å². The molecule has 1 saturated heterocycles. The summed E-state index contributed by atoms with van der Waals surface area (Å²) in [6.45, 7) is 2.26. The van der Waals surface area contributed by atoms with Crippen LogP contribution in [0.1, 0.15) is 17.3 Å². The summed E-state index contributed by atoms with van der Waals surface area (Å²) < 4.78 is 23.5. The van der Waals surface area contributed by atoms with Crippen LogP contribution < -0.4 is 0 Å². The number of amides is 1. The summed E-state index contributed by atoms with van der Waals surface area (Å²) in [6, 6.07) is 11.5. The lowest BCUT2D eigenvalue weighted by Crippen LogP contribution is -2.57. The van der Waals surface area contributed by atoms with Crippen LogP contribution in [-0.2, 0) is 9.84 Å². The van der Waals surface area contributed by atoms with Crippen LogP contribution in [0.15, 0.2) is 41.8 Å². The summed E-state index contributed by atoms with van der Waals surface area (Å²) in [7, 11) is -3.04. The van der Waals surface area contributed by atoms with Gasteiger partial charge in [0.05, 0.1) is 5.25 Å². The van der Waals surface area contributed by atoms with Crippen molar-refractivity contribution in [2.24, 2.45) is 0 Å². The molecule has 0 spiro atoms. The van der Waals surface area contributed by atoms with Crippen molar-refractivity contribution in [1.29, 1.82) is 0 Å². The van der Waals surface area contributed by atoms with Gasteiger partial charge in [-0.2, -0.15) is 0 Å². The molecule has 0 bridgehead atoms. The molecule has 4 nitrogen and oxygen atoms in total. The smallest absolute Gasteiger partial charge is 0.253 e. The van der Waals surface area contributed by atoms with Crippen LogP contribution in [0.4, 0.5) is 0 Å². The van der Waals surface area contributed by atoms with Gasteiger partial charge in [-0.1, -0.05) is 25.1 Å². The Labute approximate surface area is 134 Å². The summed E-state index contributed by atoms with van der Waals surface area (Å²) in [4.78, 5) is 15.1. The number of rotatable bonds is 4. The first-order valence-corrected chi connectivity index (χ1v) is 9.75. The fourth-order valence-electron chi connectivity index (χ4n) is 2.47. The molecule has 116 valence electrons. The van der Waals surface area contributed by atoms with Crippen LogP contribution in [0, 0.1) is 0 Å². The van der Waals surface area contributed by atoms with E-state index >= 15 is 0 Å². The molecule has 6 heteroatoms. The van der Waals surface area contributed by atoms with Crippen LogP contribution in [-0.4, -0.2) is 43.3 Å². The molecule has 0 saturated carbocycles. The number of likely N-dealkylation sites (tertiary alicyclic amines) is 1. The predicted molar refractivity (Wildman–Crippen MR) is 88.9 cm³/mol. The molecule has 1 fully saturated rings. The Hall–Kier alpha value is -1.66. The number of carbonyl (C=O) groups excluding carboxylic acids is 1. The Balaban J connectivity index is 1.67. The molecule has 0 unspecified atom stereocenters. The van der Waals surface area contributed by atoms with Gasteiger partial charge in [-0.3, -0.25) is 4.79 Å². The second-order valence-electron chi connectivity index (χ2n) is 5.34. The second-order valence-corrected chi connectivity index (χ2v) is 8.86. The average Bonchev–Trinajstić information content (AvgIpc) is 2.99. The standard InChI is InChI=1S/C16H17NO3S2/c1-2-22(19,20)14-10-17(11-14)16(18)13-7-5-12(6-8-13)15-4-3-9-21-15/h3-9,14H,2,10-11H2,1H3. The molecule has 2 heterocycles. The molecule has 1 aliphatic rings. The highest BCUT2D eigenvalue weighted by Gasteiger charge is 2.38. The Morgan fingerprint density at radius 3 is 2.45 bits per heavy atom. The quantitative estimate of drug-likeness (QED) is 0.863. The van der Waals surface area contributed by atoms with E-state index in [-0.39, 0.29) is 11.7 Å². The van der Waals surface area contributed by atoms with Crippen LogP contribution >= 0.6 is 11.3 Å². The highest BCUT2D eigenvalue weighted by Crippen LogP contribution is 2.26. The molecule has 22 heavy (non-hydrogen) atoms. The lowest BCUT2D eigenvalue weighted by atomic mass is 10.1. The second kappa shape index (κ2) is 5.85. The van der Waals surface area contributed by atoms with Gasteiger partial charge in [-0.25, -0.2) is 8.42 Å². The minimum atomic E-state index is -3.04. The molecule has 0 N–H and O–H groups in total. The number of carbonyl (C=O) groups is 1. The molecule has 3 rings (SSSR count). The average molecular weight is 335 g/mol. The predicted octanol–water partition coefficient (Wildman–Crippen LogP) is 2.67. The molecule has 0 aliphatic carbocycles. The van der Waals surface area contributed by atoms with E-state index in [2.05, 4.69) is 0 Å². The van der Waals surface area contributed by atoms with Crippen molar-refractivity contribution in [2.45, 2.75) is 12.2 Å². The first kappa shape index (κ1) is 15.2. The summed E-state index contributed by atoms with van der Waals surface area (Å²) in [5.74, 6) is 0.0372. The third kappa shape index (κ3) is 2.80. The maximum Gasteiger partial charge on any atom is 0.253 e. The lowest BCUT2D eigenvalue weighted by Gasteiger charge is -2.38. The minimum absolute atomic E-state index is 0.0970. The minimum Gasteiger partial charge on any atom is -0.336 e. The molecule has 1 aromatic heterocycles. The first-order chi connectivity index (χ1) is 10.5. The monoisotopic (exact) mass is 335 g/mol. The summed E-state index contributed by atoms with van der Waals surface area (Å²) in [5, 5.41) is 1.62. The number of thiophene rings is 1. The Morgan fingerprint density at radius 1 is 1.23 bits per heavy atom. The van der Waals surface area contributed by atoms with Gasteiger partial charge in [0.2, 0.25) is 0 Å². The maximum atomic E-state index is 12.3. The van der Waals surface area contributed by atoms with Crippen LogP contribution in [0.25, 0.3) is 10.4 Å². The molecular formula is C16H17NO3S2. The maximum absolute atomic E-state index is 12.3. The summed E-state index contributed by atoms with van der Waals surface area (Å²) in [5.41, 5.74) is 1.69. The van der Waals surface area contributed by atoms with Gasteiger partial charge < -0.3 is 4.90 Å². The molecule has 0 radical (unpaired) electrons. The van der Waals surface area contributed by atoms with E-state index in [1.165, 1.54) is 0 Å². The molecule has 2 aromatic rings. The van der Waals surface area contributed by atoms with E-state index in [0.717, 1.165) is 10.4 Å². The van der Waals surface area contributed by atoms with Gasteiger partial charge in [0.25, 0.3) is 5.91 Å². The summed E-state index contributed by atoms with van der Waals surface area (Å²) in [6.07, 6.45) is 0. The number of sulfone groups is 1. The van der Waals surface area contributed by atoms with Gasteiger partial charge in [-0.05, 0) is 29.1 Å². The van der Waals surface area contributed by atoms with Crippen molar-refractivity contribution in [3.63, 3.8) is 0 Å². The summed E-state index contributed by atoms with van der Waals surface area (Å²) >= 11 is 1.66. The van der Waals surface area contributed by atoms with Gasteiger partial charge >= 0.3 is 0 Å².